The van der Waals surface area contributed by atoms with Gasteiger partial charge in [0.2, 0.25) is 0 Å². The maximum Gasteiger partial charge on any atom is 0.0549 e. The zero-order valence-electron chi connectivity index (χ0n) is 20.1. The first-order valence-electron chi connectivity index (χ1n) is 10.8. The summed E-state index contributed by atoms with van der Waals surface area (Å²) in [7, 11) is 4.05. The Bertz CT molecular complexity index is 298. The van der Waals surface area contributed by atoms with Gasteiger partial charge in [-0.2, -0.15) is 0 Å². The van der Waals surface area contributed by atoms with Crippen molar-refractivity contribution in [1.82, 2.24) is 9.80 Å². The molecule has 8 atom stereocenters. The minimum atomic E-state index is -0.265. The smallest absolute Gasteiger partial charge is 0.0549 e. The molecule has 0 heterocycles. The van der Waals surface area contributed by atoms with E-state index in [-0.39, 0.29) is 48.1 Å². The van der Waals surface area contributed by atoms with Crippen molar-refractivity contribution in [2.45, 2.75) is 79.8 Å². The summed E-state index contributed by atoms with van der Waals surface area (Å²) in [5.74, 6) is 1.12. The topological polar surface area (TPSA) is 87.4 Å². The third kappa shape index (κ3) is 15.7. The molecule has 0 spiro atoms. The second-order valence-electron chi connectivity index (χ2n) is 9.31. The van der Waals surface area contributed by atoms with Crippen molar-refractivity contribution < 1.29 is 20.4 Å². The maximum absolute atomic E-state index is 9.34. The van der Waals surface area contributed by atoms with Gasteiger partial charge in [0.15, 0.2) is 0 Å². The molecule has 0 fully saturated rings. The lowest BCUT2D eigenvalue weighted by Crippen LogP contribution is -2.35. The summed E-state index contributed by atoms with van der Waals surface area (Å²) in [6.45, 7) is 18.9. The van der Waals surface area contributed by atoms with Crippen molar-refractivity contribution in [3.8, 4) is 0 Å². The van der Waals surface area contributed by atoms with Crippen LogP contribution < -0.4 is 0 Å². The minimum absolute atomic E-state index is 0.265. The van der Waals surface area contributed by atoms with Gasteiger partial charge >= 0.3 is 0 Å². The van der Waals surface area contributed by atoms with Crippen LogP contribution in [0.2, 0.25) is 0 Å². The highest BCUT2D eigenvalue weighted by Crippen LogP contribution is 2.09. The van der Waals surface area contributed by atoms with Crippen molar-refractivity contribution in [3.05, 3.63) is 0 Å². The lowest BCUT2D eigenvalue weighted by Gasteiger charge is -2.26. The van der Waals surface area contributed by atoms with E-state index >= 15 is 0 Å². The second-order valence-corrected chi connectivity index (χ2v) is 9.31. The molecule has 172 valence electrons. The number of aliphatic hydroxyl groups excluding tert-OH is 4. The van der Waals surface area contributed by atoms with Gasteiger partial charge in [0.25, 0.3) is 0 Å². The average Bonchev–Trinajstić information content (AvgIpc) is 2.54. The molecule has 0 aliphatic carbocycles. The Hall–Kier alpha value is -0.240. The van der Waals surface area contributed by atoms with Crippen molar-refractivity contribution in [1.29, 1.82) is 0 Å². The molecule has 0 saturated heterocycles. The van der Waals surface area contributed by atoms with E-state index < -0.39 is 0 Å². The third-order valence-electron chi connectivity index (χ3n) is 5.69. The van der Waals surface area contributed by atoms with E-state index in [1.165, 1.54) is 0 Å². The van der Waals surface area contributed by atoms with E-state index in [1.807, 2.05) is 69.5 Å². The Morgan fingerprint density at radius 1 is 0.429 bits per heavy atom. The van der Waals surface area contributed by atoms with Crippen molar-refractivity contribution >= 4 is 0 Å². The highest BCUT2D eigenvalue weighted by Gasteiger charge is 2.16. The van der Waals surface area contributed by atoms with Crippen LogP contribution >= 0.6 is 0 Å². The minimum Gasteiger partial charge on any atom is -0.393 e. The molecule has 0 aromatic heterocycles. The average molecular weight is 407 g/mol. The number of nitrogens with zero attached hydrogens (tertiary/aromatic N) is 2. The van der Waals surface area contributed by atoms with E-state index in [2.05, 4.69) is 9.80 Å². The fraction of sp³-hybridized carbons (Fsp3) is 1.00. The molecule has 28 heavy (non-hydrogen) atoms. The molecule has 0 aromatic carbocycles. The largest absolute Gasteiger partial charge is 0.393 e. The first-order valence-corrected chi connectivity index (χ1v) is 10.8. The van der Waals surface area contributed by atoms with E-state index in [1.54, 1.807) is 0 Å². The first-order chi connectivity index (χ1) is 12.7. The standard InChI is InChI=1S/2C11H25NO2/c2*1-8(10(3)13)6-12(5)7-9(2)11(4)14/h2*8-11,13-14H,6-7H2,1-5H3. The Kier molecular flexibility index (Phi) is 16.7. The van der Waals surface area contributed by atoms with Crippen LogP contribution in [0.3, 0.4) is 0 Å². The van der Waals surface area contributed by atoms with Gasteiger partial charge in [-0.3, -0.25) is 0 Å². The van der Waals surface area contributed by atoms with Gasteiger partial charge in [0.1, 0.15) is 0 Å². The molecule has 0 radical (unpaired) electrons. The second kappa shape index (κ2) is 15.6. The molecule has 6 nitrogen and oxygen atoms in total. The molecular formula is C22H50N2O4. The van der Waals surface area contributed by atoms with Crippen LogP contribution in [0, 0.1) is 23.7 Å². The zero-order chi connectivity index (χ0) is 22.6. The van der Waals surface area contributed by atoms with Gasteiger partial charge in [-0.1, -0.05) is 27.7 Å². The van der Waals surface area contributed by atoms with Gasteiger partial charge in [0, 0.05) is 26.2 Å². The molecule has 0 aliphatic rings. The molecule has 4 N–H and O–H groups in total. The van der Waals surface area contributed by atoms with Crippen molar-refractivity contribution in [2.75, 3.05) is 40.3 Å². The predicted octanol–water partition coefficient (Wildman–Crippen LogP) is 1.90. The number of hydrogen-bond acceptors (Lipinski definition) is 6. The van der Waals surface area contributed by atoms with Crippen LogP contribution in [-0.2, 0) is 0 Å². The van der Waals surface area contributed by atoms with E-state index in [9.17, 15) is 20.4 Å². The molecule has 8 unspecified atom stereocenters. The van der Waals surface area contributed by atoms with Gasteiger partial charge in [-0.05, 0) is 65.5 Å². The number of aliphatic hydroxyl groups is 4. The van der Waals surface area contributed by atoms with E-state index in [0.717, 1.165) is 26.2 Å². The van der Waals surface area contributed by atoms with Crippen LogP contribution in [0.5, 0.6) is 0 Å². The van der Waals surface area contributed by atoms with Crippen LogP contribution in [-0.4, -0.2) is 94.9 Å². The van der Waals surface area contributed by atoms with Gasteiger partial charge in [-0.25, -0.2) is 0 Å². The normalized spacial score (nSPS) is 20.6. The van der Waals surface area contributed by atoms with Gasteiger partial charge in [0.05, 0.1) is 24.4 Å². The first kappa shape index (κ1) is 30.0. The molecule has 0 amide bonds. The predicted molar refractivity (Wildman–Crippen MR) is 118 cm³/mol. The summed E-state index contributed by atoms with van der Waals surface area (Å²) < 4.78 is 0. The number of rotatable bonds is 12. The monoisotopic (exact) mass is 406 g/mol. The Labute approximate surface area is 174 Å². The summed E-state index contributed by atoms with van der Waals surface area (Å²) in [6.07, 6.45) is -1.06. The fourth-order valence-electron chi connectivity index (χ4n) is 2.73. The summed E-state index contributed by atoms with van der Waals surface area (Å²) >= 11 is 0. The lowest BCUT2D eigenvalue weighted by atomic mass is 10.0. The van der Waals surface area contributed by atoms with Crippen molar-refractivity contribution in [3.63, 3.8) is 0 Å². The molecular weight excluding hydrogens is 356 g/mol. The Morgan fingerprint density at radius 3 is 0.679 bits per heavy atom. The summed E-state index contributed by atoms with van der Waals surface area (Å²) in [4.78, 5) is 4.32. The highest BCUT2D eigenvalue weighted by atomic mass is 16.3. The molecule has 0 rings (SSSR count). The highest BCUT2D eigenvalue weighted by molar-refractivity contribution is 4.69. The van der Waals surface area contributed by atoms with E-state index in [4.69, 9.17) is 0 Å². The quantitative estimate of drug-likeness (QED) is 0.396. The molecule has 0 aromatic rings. The molecule has 0 bridgehead atoms. The third-order valence-corrected chi connectivity index (χ3v) is 5.69. The lowest BCUT2D eigenvalue weighted by molar-refractivity contribution is 0.0820. The van der Waals surface area contributed by atoms with Crippen LogP contribution in [0.25, 0.3) is 0 Å². The fourth-order valence-corrected chi connectivity index (χ4v) is 2.73. The zero-order valence-corrected chi connectivity index (χ0v) is 20.1. The number of hydrogen-bond donors (Lipinski definition) is 4. The van der Waals surface area contributed by atoms with E-state index in [0.29, 0.717) is 0 Å². The molecule has 6 heteroatoms. The van der Waals surface area contributed by atoms with Gasteiger partial charge < -0.3 is 30.2 Å². The Morgan fingerprint density at radius 2 is 0.571 bits per heavy atom. The van der Waals surface area contributed by atoms with Crippen LogP contribution in [0.1, 0.15) is 55.4 Å². The molecule has 0 saturated carbocycles. The summed E-state index contributed by atoms with van der Waals surface area (Å²) in [5, 5.41) is 37.3. The maximum atomic E-state index is 9.34. The summed E-state index contributed by atoms with van der Waals surface area (Å²) in [6, 6.07) is 0. The Balaban J connectivity index is 0. The van der Waals surface area contributed by atoms with Crippen LogP contribution in [0.15, 0.2) is 0 Å². The molecule has 0 aliphatic heterocycles. The SMILES string of the molecule is CC(O)C(C)CN(C)CC(C)C(C)O.CC(O)C(C)CN(C)CC(C)C(C)O. The van der Waals surface area contributed by atoms with Crippen molar-refractivity contribution in [2.24, 2.45) is 23.7 Å². The summed E-state index contributed by atoms with van der Waals surface area (Å²) in [5.41, 5.74) is 0. The van der Waals surface area contributed by atoms with Gasteiger partial charge in [-0.15, -0.1) is 0 Å². The van der Waals surface area contributed by atoms with Crippen LogP contribution in [0.4, 0.5) is 0 Å².